The third kappa shape index (κ3) is 4.90. The first-order valence-corrected chi connectivity index (χ1v) is 10.7. The number of esters is 1. The highest BCUT2D eigenvalue weighted by molar-refractivity contribution is 6.14. The highest BCUT2D eigenvalue weighted by Crippen LogP contribution is 2.34. The van der Waals surface area contributed by atoms with E-state index < -0.39 is 17.9 Å². The molecule has 0 radical (unpaired) electrons. The molecule has 1 aliphatic heterocycles. The van der Waals surface area contributed by atoms with E-state index in [4.69, 9.17) is 13.9 Å². The second-order valence-corrected chi connectivity index (χ2v) is 7.57. The Balaban J connectivity index is 1.57. The number of furan rings is 1. The van der Waals surface area contributed by atoms with Crippen molar-refractivity contribution in [1.82, 2.24) is 10.2 Å². The SMILES string of the molecule is COC(=O)c1ccc(CN2C(=O)NC(=Cc3cccc(OC)c3OCc3ccccc3C#N)C2=O)o1. The fourth-order valence-corrected chi connectivity index (χ4v) is 3.57. The molecule has 4 rings (SSSR count). The summed E-state index contributed by atoms with van der Waals surface area (Å²) in [5.41, 5.74) is 1.68. The summed E-state index contributed by atoms with van der Waals surface area (Å²) in [5.74, 6) is -0.289. The number of carbonyl (C=O) groups is 3. The molecule has 0 atom stereocenters. The maximum Gasteiger partial charge on any atom is 0.373 e. The lowest BCUT2D eigenvalue weighted by atomic mass is 10.1. The average molecular weight is 487 g/mol. The summed E-state index contributed by atoms with van der Waals surface area (Å²) in [6, 6.07) is 16.5. The van der Waals surface area contributed by atoms with Crippen LogP contribution in [-0.2, 0) is 22.7 Å². The molecule has 0 saturated carbocycles. The van der Waals surface area contributed by atoms with Gasteiger partial charge >= 0.3 is 12.0 Å². The van der Waals surface area contributed by atoms with Gasteiger partial charge in [0.2, 0.25) is 5.76 Å². The normalized spacial score (nSPS) is 13.9. The summed E-state index contributed by atoms with van der Waals surface area (Å²) in [5, 5.41) is 11.9. The molecule has 0 spiro atoms. The van der Waals surface area contributed by atoms with Gasteiger partial charge in [-0.1, -0.05) is 30.3 Å². The zero-order chi connectivity index (χ0) is 25.7. The maximum atomic E-state index is 13.0. The van der Waals surface area contributed by atoms with E-state index >= 15 is 0 Å². The van der Waals surface area contributed by atoms with E-state index in [2.05, 4.69) is 16.1 Å². The van der Waals surface area contributed by atoms with E-state index in [1.165, 1.54) is 32.4 Å². The predicted molar refractivity (Wildman–Crippen MR) is 126 cm³/mol. The second kappa shape index (κ2) is 10.5. The lowest BCUT2D eigenvalue weighted by molar-refractivity contribution is -0.123. The molecule has 3 amide bonds. The number of imide groups is 1. The molecule has 1 saturated heterocycles. The van der Waals surface area contributed by atoms with Gasteiger partial charge in [-0.3, -0.25) is 9.69 Å². The van der Waals surface area contributed by atoms with Crippen LogP contribution in [0.25, 0.3) is 6.08 Å². The molecule has 0 aliphatic carbocycles. The Labute approximate surface area is 206 Å². The Hall–Kier alpha value is -5.04. The van der Waals surface area contributed by atoms with Gasteiger partial charge < -0.3 is 23.9 Å². The molecule has 182 valence electrons. The second-order valence-electron chi connectivity index (χ2n) is 7.57. The van der Waals surface area contributed by atoms with Crippen LogP contribution in [-0.4, -0.2) is 37.0 Å². The number of ether oxygens (including phenoxy) is 3. The van der Waals surface area contributed by atoms with Gasteiger partial charge in [-0.15, -0.1) is 0 Å². The summed E-state index contributed by atoms with van der Waals surface area (Å²) in [4.78, 5) is 38.0. The van der Waals surface area contributed by atoms with E-state index in [0.29, 0.717) is 28.2 Å². The predicted octanol–water partition coefficient (Wildman–Crippen LogP) is 3.62. The van der Waals surface area contributed by atoms with Crippen molar-refractivity contribution in [1.29, 1.82) is 5.26 Å². The number of nitriles is 1. The third-order valence-corrected chi connectivity index (χ3v) is 5.36. The molecule has 2 heterocycles. The van der Waals surface area contributed by atoms with Crippen molar-refractivity contribution < 1.29 is 33.0 Å². The van der Waals surface area contributed by atoms with Crippen LogP contribution in [0.4, 0.5) is 4.79 Å². The molecule has 10 nitrogen and oxygen atoms in total. The minimum Gasteiger partial charge on any atom is -0.493 e. The number of methoxy groups -OCH3 is 2. The maximum absolute atomic E-state index is 13.0. The summed E-state index contributed by atoms with van der Waals surface area (Å²) in [6.45, 7) is -0.0842. The largest absolute Gasteiger partial charge is 0.493 e. The van der Waals surface area contributed by atoms with Crippen LogP contribution in [0.3, 0.4) is 0 Å². The standard InChI is InChI=1S/C26H21N3O7/c1-33-21-9-5-8-16(23(21)35-15-18-7-4-3-6-17(18)13-27)12-20-24(30)29(26(32)28-20)14-19-10-11-22(36-19)25(31)34-2/h3-12H,14-15H2,1-2H3,(H,28,32). The van der Waals surface area contributed by atoms with Crippen molar-refractivity contribution in [2.75, 3.05) is 14.2 Å². The van der Waals surface area contributed by atoms with Gasteiger partial charge in [0, 0.05) is 11.1 Å². The Morgan fingerprint density at radius 3 is 2.67 bits per heavy atom. The number of hydrogen-bond donors (Lipinski definition) is 1. The number of para-hydroxylation sites is 1. The molecule has 36 heavy (non-hydrogen) atoms. The van der Waals surface area contributed by atoms with Crippen LogP contribution in [0.5, 0.6) is 11.5 Å². The van der Waals surface area contributed by atoms with Gasteiger partial charge in [0.25, 0.3) is 5.91 Å². The smallest absolute Gasteiger partial charge is 0.373 e. The number of carbonyl (C=O) groups excluding carboxylic acids is 3. The zero-order valence-corrected chi connectivity index (χ0v) is 19.4. The molecule has 0 bridgehead atoms. The molecule has 1 aliphatic rings. The quantitative estimate of drug-likeness (QED) is 0.290. The fourth-order valence-electron chi connectivity index (χ4n) is 3.57. The van der Waals surface area contributed by atoms with Gasteiger partial charge in [-0.25, -0.2) is 9.59 Å². The Morgan fingerprint density at radius 1 is 1.11 bits per heavy atom. The van der Waals surface area contributed by atoms with Gasteiger partial charge in [0.05, 0.1) is 32.4 Å². The number of benzene rings is 2. The van der Waals surface area contributed by atoms with Crippen LogP contribution in [0.2, 0.25) is 0 Å². The number of urea groups is 1. The highest BCUT2D eigenvalue weighted by atomic mass is 16.5. The Bertz CT molecular complexity index is 1400. The van der Waals surface area contributed by atoms with Crippen molar-refractivity contribution in [3.63, 3.8) is 0 Å². The third-order valence-electron chi connectivity index (χ3n) is 5.36. The summed E-state index contributed by atoms with van der Waals surface area (Å²) < 4.78 is 21.4. The molecule has 3 aromatic rings. The zero-order valence-electron chi connectivity index (χ0n) is 19.4. The molecular weight excluding hydrogens is 466 g/mol. The van der Waals surface area contributed by atoms with Crippen LogP contribution >= 0.6 is 0 Å². The van der Waals surface area contributed by atoms with Crippen molar-refractivity contribution in [2.24, 2.45) is 0 Å². The molecule has 0 unspecified atom stereocenters. The molecule has 1 fully saturated rings. The summed E-state index contributed by atoms with van der Waals surface area (Å²) in [7, 11) is 2.70. The van der Waals surface area contributed by atoms with Crippen LogP contribution in [0, 0.1) is 11.3 Å². The van der Waals surface area contributed by atoms with Crippen molar-refractivity contribution in [2.45, 2.75) is 13.2 Å². The van der Waals surface area contributed by atoms with E-state index in [0.717, 1.165) is 4.90 Å². The van der Waals surface area contributed by atoms with Crippen molar-refractivity contribution >= 4 is 24.0 Å². The first kappa shape index (κ1) is 24.1. The van der Waals surface area contributed by atoms with E-state index in [-0.39, 0.29) is 30.4 Å². The molecule has 1 N–H and O–H groups in total. The molecule has 2 aromatic carbocycles. The number of rotatable bonds is 8. The Kier molecular flexibility index (Phi) is 7.02. The minimum atomic E-state index is -0.665. The van der Waals surface area contributed by atoms with E-state index in [1.54, 1.807) is 42.5 Å². The average Bonchev–Trinajstić information content (AvgIpc) is 3.47. The van der Waals surface area contributed by atoms with Gasteiger partial charge in [-0.2, -0.15) is 5.26 Å². The summed E-state index contributed by atoms with van der Waals surface area (Å²) in [6.07, 6.45) is 1.48. The highest BCUT2D eigenvalue weighted by Gasteiger charge is 2.34. The van der Waals surface area contributed by atoms with Crippen LogP contribution in [0.15, 0.2) is 64.7 Å². The number of amides is 3. The molecular formula is C26H21N3O7. The first-order valence-electron chi connectivity index (χ1n) is 10.7. The van der Waals surface area contributed by atoms with Gasteiger partial charge in [0.15, 0.2) is 11.5 Å². The minimum absolute atomic E-state index is 0.0234. The van der Waals surface area contributed by atoms with Crippen molar-refractivity contribution in [3.05, 3.63) is 88.5 Å². The molecule has 1 aromatic heterocycles. The van der Waals surface area contributed by atoms with Crippen molar-refractivity contribution in [3.8, 4) is 17.6 Å². The lowest BCUT2D eigenvalue weighted by Gasteiger charge is -2.14. The topological polar surface area (TPSA) is 131 Å². The van der Waals surface area contributed by atoms with Gasteiger partial charge in [0.1, 0.15) is 18.1 Å². The number of nitrogens with zero attached hydrogens (tertiary/aromatic N) is 2. The first-order chi connectivity index (χ1) is 17.4. The lowest BCUT2D eigenvalue weighted by Crippen LogP contribution is -2.30. The van der Waals surface area contributed by atoms with E-state index in [1.807, 2.05) is 0 Å². The summed E-state index contributed by atoms with van der Waals surface area (Å²) >= 11 is 0. The number of nitrogens with one attached hydrogen (secondary N) is 1. The van der Waals surface area contributed by atoms with Crippen LogP contribution < -0.4 is 14.8 Å². The number of hydrogen-bond acceptors (Lipinski definition) is 8. The van der Waals surface area contributed by atoms with Crippen LogP contribution in [0.1, 0.15) is 33.0 Å². The monoisotopic (exact) mass is 487 g/mol. The van der Waals surface area contributed by atoms with Gasteiger partial charge in [-0.05, 0) is 30.3 Å². The van der Waals surface area contributed by atoms with E-state index in [9.17, 15) is 19.6 Å². The molecule has 10 heteroatoms. The Morgan fingerprint density at radius 2 is 1.92 bits per heavy atom. The fraction of sp³-hybridized carbons (Fsp3) is 0.154.